The Morgan fingerprint density at radius 3 is 1.52 bits per heavy atom. The van der Waals surface area contributed by atoms with Gasteiger partial charge in [-0.3, -0.25) is 9.11 Å². The largest absolute Gasteiger partial charge is 1.00 e. The van der Waals surface area contributed by atoms with Gasteiger partial charge < -0.3 is 1.43 Å². The smallest absolute Gasteiger partial charge is 1.00 e. The van der Waals surface area contributed by atoms with Crippen molar-refractivity contribution in [3.05, 3.63) is 35.9 Å². The number of rotatable bonds is 12. The minimum Gasteiger partial charge on any atom is -1.00 e. The summed E-state index contributed by atoms with van der Waals surface area (Å²) in [4.78, 5) is 0. The Hall–Kier alpha value is 0.0900. The van der Waals surface area contributed by atoms with Gasteiger partial charge in [-0.2, -0.15) is 8.42 Å². The molecule has 0 fully saturated rings. The molecule has 0 aliphatic rings. The van der Waals surface area contributed by atoms with Crippen molar-refractivity contribution in [2.24, 2.45) is 0 Å². The molecule has 0 atom stereocenters. The molecule has 0 aliphatic heterocycles. The van der Waals surface area contributed by atoms with Gasteiger partial charge in [0, 0.05) is 0 Å². The maximum Gasteiger partial charge on any atom is 1.00 e. The molecule has 0 amide bonds. The maximum absolute atomic E-state index is 8.74. The summed E-state index contributed by atoms with van der Waals surface area (Å²) >= 11 is 0. The molecular weight excluding hydrogens is 347 g/mol. The Balaban J connectivity index is -0.000000668. The fourth-order valence-electron chi connectivity index (χ4n) is 2.64. The molecule has 0 unspecified atom stereocenters. The second-order valence-electron chi connectivity index (χ2n) is 6.22. The van der Waals surface area contributed by atoms with Gasteiger partial charge in [-0.05, 0) is 18.4 Å². The topological polar surface area (TPSA) is 74.6 Å². The molecule has 0 saturated heterocycles. The van der Waals surface area contributed by atoms with Crippen LogP contribution >= 0.6 is 0 Å². The molecule has 25 heavy (non-hydrogen) atoms. The van der Waals surface area contributed by atoms with Gasteiger partial charge in [0.15, 0.2) is 0 Å². The Morgan fingerprint density at radius 2 is 1.12 bits per heavy atom. The summed E-state index contributed by atoms with van der Waals surface area (Å²) in [5.74, 6) is 0. The van der Waals surface area contributed by atoms with Gasteiger partial charge in [-0.15, -0.1) is 0 Å². The average molecular weight is 383 g/mol. The minimum absolute atomic E-state index is 0. The standard InChI is InChI=1S/C19H32.Na.H2O4S.H/c1-2-3-4-5-6-7-8-9-10-11-13-16-19-17-14-12-15-18-19;;1-5(2,3)4;/h12,14-15,17-18H,2-11,13,16H2,1H3;;(H2,1,2,3,4);/q;+1;;-1. The van der Waals surface area contributed by atoms with Crippen LogP contribution in [0.1, 0.15) is 84.5 Å². The molecule has 0 aromatic heterocycles. The number of aryl methyl sites for hydroxylation is 1. The first-order valence-corrected chi connectivity index (χ1v) is 10.6. The first-order valence-electron chi connectivity index (χ1n) is 9.17. The van der Waals surface area contributed by atoms with Crippen molar-refractivity contribution in [1.82, 2.24) is 0 Å². The summed E-state index contributed by atoms with van der Waals surface area (Å²) in [6, 6.07) is 10.9. The zero-order valence-electron chi connectivity index (χ0n) is 17.0. The first kappa shape index (κ1) is 27.3. The van der Waals surface area contributed by atoms with Crippen molar-refractivity contribution in [2.45, 2.75) is 84.0 Å². The third-order valence-electron chi connectivity index (χ3n) is 3.91. The molecule has 0 heterocycles. The second-order valence-corrected chi connectivity index (χ2v) is 7.11. The number of hydrogen-bond donors (Lipinski definition) is 2. The molecular formula is C19H35NaO4S. The van der Waals surface area contributed by atoms with Crippen LogP contribution in [0.25, 0.3) is 0 Å². The fraction of sp³-hybridized carbons (Fsp3) is 0.684. The Morgan fingerprint density at radius 1 is 0.760 bits per heavy atom. The summed E-state index contributed by atoms with van der Waals surface area (Å²) in [7, 11) is -4.67. The third-order valence-corrected chi connectivity index (χ3v) is 3.91. The van der Waals surface area contributed by atoms with Crippen LogP contribution in [-0.4, -0.2) is 17.5 Å². The molecule has 142 valence electrons. The first-order chi connectivity index (χ1) is 11.4. The Bertz CT molecular complexity index is 476. The quantitative estimate of drug-likeness (QED) is 0.331. The molecule has 0 spiro atoms. The van der Waals surface area contributed by atoms with Crippen LogP contribution in [0.5, 0.6) is 0 Å². The van der Waals surface area contributed by atoms with Crippen molar-refractivity contribution in [3.8, 4) is 0 Å². The zero-order valence-corrected chi connectivity index (χ0v) is 18.8. The summed E-state index contributed by atoms with van der Waals surface area (Å²) < 4.78 is 31.6. The maximum atomic E-state index is 8.74. The van der Waals surface area contributed by atoms with E-state index in [2.05, 4.69) is 37.3 Å². The Labute approximate surface area is 178 Å². The second kappa shape index (κ2) is 18.9. The van der Waals surface area contributed by atoms with E-state index in [0.717, 1.165) is 0 Å². The van der Waals surface area contributed by atoms with Crippen LogP contribution < -0.4 is 29.6 Å². The van der Waals surface area contributed by atoms with Crippen LogP contribution in [0.2, 0.25) is 0 Å². The van der Waals surface area contributed by atoms with Gasteiger partial charge in [0.1, 0.15) is 0 Å². The van der Waals surface area contributed by atoms with Crippen molar-refractivity contribution in [1.29, 1.82) is 0 Å². The van der Waals surface area contributed by atoms with E-state index in [0.29, 0.717) is 0 Å². The average Bonchev–Trinajstić information content (AvgIpc) is 2.52. The normalized spacial score (nSPS) is 10.5. The van der Waals surface area contributed by atoms with Crippen LogP contribution in [-0.2, 0) is 16.8 Å². The van der Waals surface area contributed by atoms with E-state index in [1.807, 2.05) is 0 Å². The number of benzene rings is 1. The molecule has 1 aromatic rings. The van der Waals surface area contributed by atoms with E-state index in [1.54, 1.807) is 0 Å². The van der Waals surface area contributed by atoms with Gasteiger partial charge in [0.05, 0.1) is 0 Å². The van der Waals surface area contributed by atoms with Crippen molar-refractivity contribution in [3.63, 3.8) is 0 Å². The summed E-state index contributed by atoms with van der Waals surface area (Å²) in [6.45, 7) is 2.29. The van der Waals surface area contributed by atoms with Crippen LogP contribution in [0.4, 0.5) is 0 Å². The molecule has 1 rings (SSSR count). The third kappa shape index (κ3) is 26.4. The fourth-order valence-corrected chi connectivity index (χ4v) is 2.64. The van der Waals surface area contributed by atoms with Gasteiger partial charge in [-0.1, -0.05) is 101 Å². The summed E-state index contributed by atoms with van der Waals surface area (Å²) in [5, 5.41) is 0. The Kier molecular flexibility index (Phi) is 20.6. The molecule has 0 aliphatic carbocycles. The summed E-state index contributed by atoms with van der Waals surface area (Å²) in [6.07, 6.45) is 17.0. The van der Waals surface area contributed by atoms with Gasteiger partial charge in [0.2, 0.25) is 0 Å². The monoisotopic (exact) mass is 382 g/mol. The van der Waals surface area contributed by atoms with Crippen LogP contribution in [0.3, 0.4) is 0 Å². The van der Waals surface area contributed by atoms with Gasteiger partial charge >= 0.3 is 40.0 Å². The van der Waals surface area contributed by atoms with Gasteiger partial charge in [-0.25, -0.2) is 0 Å². The van der Waals surface area contributed by atoms with E-state index < -0.39 is 10.4 Å². The van der Waals surface area contributed by atoms with Crippen LogP contribution in [0, 0.1) is 0 Å². The van der Waals surface area contributed by atoms with E-state index in [-0.39, 0.29) is 31.0 Å². The van der Waals surface area contributed by atoms with E-state index in [4.69, 9.17) is 17.5 Å². The van der Waals surface area contributed by atoms with E-state index >= 15 is 0 Å². The molecule has 0 radical (unpaired) electrons. The molecule has 0 saturated carbocycles. The minimum atomic E-state index is -4.67. The van der Waals surface area contributed by atoms with Gasteiger partial charge in [0.25, 0.3) is 0 Å². The predicted octanol–water partition coefficient (Wildman–Crippen LogP) is 3.00. The molecule has 2 N–H and O–H groups in total. The number of hydrogen-bond acceptors (Lipinski definition) is 2. The van der Waals surface area contributed by atoms with Crippen molar-refractivity contribution < 1.29 is 48.5 Å². The zero-order chi connectivity index (χ0) is 18.1. The SMILES string of the molecule is CCCCCCCCCCCCCc1ccccc1.O=S(=O)(O)O.[H-].[Na+]. The number of unbranched alkanes of at least 4 members (excludes halogenated alkanes) is 10. The van der Waals surface area contributed by atoms with Crippen LogP contribution in [0.15, 0.2) is 30.3 Å². The molecule has 0 bridgehead atoms. The van der Waals surface area contributed by atoms with E-state index in [9.17, 15) is 0 Å². The van der Waals surface area contributed by atoms with Crippen molar-refractivity contribution >= 4 is 10.4 Å². The van der Waals surface area contributed by atoms with Crippen molar-refractivity contribution in [2.75, 3.05) is 0 Å². The van der Waals surface area contributed by atoms with E-state index in [1.165, 1.54) is 82.6 Å². The molecule has 6 heteroatoms. The predicted molar refractivity (Wildman–Crippen MR) is 102 cm³/mol. The summed E-state index contributed by atoms with van der Waals surface area (Å²) in [5.41, 5.74) is 1.50. The molecule has 4 nitrogen and oxygen atoms in total. The molecule has 1 aromatic carbocycles.